The molecule has 2 nitrogen and oxygen atoms in total. The molecule has 0 aromatic heterocycles. The van der Waals surface area contributed by atoms with Crippen molar-refractivity contribution in [3.05, 3.63) is 29.8 Å². The summed E-state index contributed by atoms with van der Waals surface area (Å²) in [5, 5.41) is 10.2. The molecule has 2 heteroatoms. The molecular weight excluding hydrogens is 176 g/mol. The van der Waals surface area contributed by atoms with Gasteiger partial charge >= 0.3 is 0 Å². The Bertz CT molecular complexity index is 286. The molecule has 1 aromatic rings. The quantitative estimate of drug-likeness (QED) is 0.801. The molecule has 0 unspecified atom stereocenters. The van der Waals surface area contributed by atoms with Gasteiger partial charge in [-0.25, -0.2) is 0 Å². The van der Waals surface area contributed by atoms with Gasteiger partial charge in [0.05, 0.1) is 12.7 Å². The maximum Gasteiger partial charge on any atom is 0.118 e. The van der Waals surface area contributed by atoms with Crippen molar-refractivity contribution in [3.8, 4) is 5.75 Å². The van der Waals surface area contributed by atoms with E-state index in [4.69, 9.17) is 4.74 Å². The Hall–Kier alpha value is -1.02. The zero-order valence-corrected chi connectivity index (χ0v) is 9.24. The number of aliphatic hydroxyl groups is 1. The van der Waals surface area contributed by atoms with Gasteiger partial charge in [-0.3, -0.25) is 0 Å². The molecule has 0 aliphatic heterocycles. The lowest BCUT2D eigenvalue weighted by atomic mass is 9.85. The fourth-order valence-corrected chi connectivity index (χ4v) is 1.26. The number of rotatable bonds is 3. The Morgan fingerprint density at radius 2 is 1.71 bits per heavy atom. The molecule has 0 amide bonds. The third-order valence-corrected chi connectivity index (χ3v) is 2.80. The van der Waals surface area contributed by atoms with Crippen LogP contribution in [0, 0.1) is 5.92 Å². The van der Waals surface area contributed by atoms with Crippen molar-refractivity contribution in [2.24, 2.45) is 5.92 Å². The second-order valence-electron chi connectivity index (χ2n) is 4.03. The number of hydrogen-bond donors (Lipinski definition) is 1. The first-order valence-corrected chi connectivity index (χ1v) is 4.85. The molecule has 78 valence electrons. The molecule has 0 radical (unpaired) electrons. The third kappa shape index (κ3) is 2.07. The standard InChI is InChI=1S/C12H18O2/c1-9(2)12(3,13)10-5-7-11(14-4)8-6-10/h5-9,13H,1-4H3/t12-/m1/s1. The van der Waals surface area contributed by atoms with Crippen LogP contribution in [0.1, 0.15) is 26.3 Å². The van der Waals surface area contributed by atoms with Crippen LogP contribution < -0.4 is 4.74 Å². The molecule has 0 spiro atoms. The predicted molar refractivity (Wildman–Crippen MR) is 57.4 cm³/mol. The zero-order valence-electron chi connectivity index (χ0n) is 9.24. The molecule has 0 saturated carbocycles. The minimum absolute atomic E-state index is 0.191. The highest BCUT2D eigenvalue weighted by Crippen LogP contribution is 2.29. The highest BCUT2D eigenvalue weighted by molar-refractivity contribution is 5.30. The van der Waals surface area contributed by atoms with E-state index in [2.05, 4.69) is 0 Å². The summed E-state index contributed by atoms with van der Waals surface area (Å²) in [6.45, 7) is 5.84. The molecule has 1 N–H and O–H groups in total. The first-order chi connectivity index (χ1) is 6.48. The van der Waals surface area contributed by atoms with Crippen LogP contribution in [-0.2, 0) is 5.60 Å². The van der Waals surface area contributed by atoms with Crippen molar-refractivity contribution in [3.63, 3.8) is 0 Å². The highest BCUT2D eigenvalue weighted by Gasteiger charge is 2.26. The average Bonchev–Trinajstić information content (AvgIpc) is 2.17. The van der Waals surface area contributed by atoms with E-state index in [1.54, 1.807) is 7.11 Å². The van der Waals surface area contributed by atoms with Crippen molar-refractivity contribution in [1.29, 1.82) is 0 Å². The van der Waals surface area contributed by atoms with Gasteiger partial charge in [0, 0.05) is 0 Å². The summed E-state index contributed by atoms with van der Waals surface area (Å²) < 4.78 is 5.06. The van der Waals surface area contributed by atoms with E-state index in [1.807, 2.05) is 45.0 Å². The van der Waals surface area contributed by atoms with Crippen molar-refractivity contribution >= 4 is 0 Å². The van der Waals surface area contributed by atoms with Gasteiger partial charge in [0.1, 0.15) is 5.75 Å². The third-order valence-electron chi connectivity index (χ3n) is 2.80. The first kappa shape index (κ1) is 11.1. The number of benzene rings is 1. The summed E-state index contributed by atoms with van der Waals surface area (Å²) in [5.74, 6) is 1.00. The van der Waals surface area contributed by atoms with E-state index >= 15 is 0 Å². The van der Waals surface area contributed by atoms with Crippen LogP contribution in [0.2, 0.25) is 0 Å². The Kier molecular flexibility index (Phi) is 3.17. The summed E-state index contributed by atoms with van der Waals surface area (Å²) in [7, 11) is 1.63. The molecular formula is C12H18O2. The van der Waals surface area contributed by atoms with Crippen molar-refractivity contribution in [1.82, 2.24) is 0 Å². The molecule has 1 aromatic carbocycles. The summed E-state index contributed by atoms with van der Waals surface area (Å²) in [6, 6.07) is 7.54. The Balaban J connectivity index is 2.97. The number of methoxy groups -OCH3 is 1. The van der Waals surface area contributed by atoms with Crippen LogP contribution in [-0.4, -0.2) is 12.2 Å². The van der Waals surface area contributed by atoms with Crippen molar-refractivity contribution < 1.29 is 9.84 Å². The van der Waals surface area contributed by atoms with E-state index < -0.39 is 5.60 Å². The molecule has 0 aliphatic rings. The van der Waals surface area contributed by atoms with Crippen molar-refractivity contribution in [2.45, 2.75) is 26.4 Å². The number of hydrogen-bond acceptors (Lipinski definition) is 2. The Morgan fingerprint density at radius 1 is 1.21 bits per heavy atom. The van der Waals surface area contributed by atoms with Crippen LogP contribution in [0.25, 0.3) is 0 Å². The summed E-state index contributed by atoms with van der Waals surface area (Å²) in [5.41, 5.74) is 0.153. The first-order valence-electron chi connectivity index (χ1n) is 4.85. The SMILES string of the molecule is COc1ccc([C@](C)(O)C(C)C)cc1. The minimum atomic E-state index is -0.772. The molecule has 0 aliphatic carbocycles. The van der Waals surface area contributed by atoms with Crippen molar-refractivity contribution in [2.75, 3.05) is 7.11 Å². The summed E-state index contributed by atoms with van der Waals surface area (Å²) in [6.07, 6.45) is 0. The maximum absolute atomic E-state index is 10.2. The number of ether oxygens (including phenoxy) is 1. The lowest BCUT2D eigenvalue weighted by Gasteiger charge is -2.28. The van der Waals surface area contributed by atoms with Crippen LogP contribution in [0.15, 0.2) is 24.3 Å². The van der Waals surface area contributed by atoms with E-state index in [1.165, 1.54) is 0 Å². The van der Waals surface area contributed by atoms with E-state index in [0.717, 1.165) is 11.3 Å². The predicted octanol–water partition coefficient (Wildman–Crippen LogP) is 2.56. The zero-order chi connectivity index (χ0) is 10.8. The highest BCUT2D eigenvalue weighted by atomic mass is 16.5. The fourth-order valence-electron chi connectivity index (χ4n) is 1.26. The monoisotopic (exact) mass is 194 g/mol. The molecule has 0 saturated heterocycles. The van der Waals surface area contributed by atoms with Crippen LogP contribution in [0.3, 0.4) is 0 Å². The molecule has 1 atom stereocenters. The normalized spacial score (nSPS) is 15.3. The molecule has 0 fully saturated rings. The molecule has 0 heterocycles. The van der Waals surface area contributed by atoms with Gasteiger partial charge in [0.2, 0.25) is 0 Å². The smallest absolute Gasteiger partial charge is 0.118 e. The second kappa shape index (κ2) is 4.01. The van der Waals surface area contributed by atoms with Gasteiger partial charge < -0.3 is 9.84 Å². The maximum atomic E-state index is 10.2. The summed E-state index contributed by atoms with van der Waals surface area (Å²) >= 11 is 0. The Morgan fingerprint density at radius 3 is 2.07 bits per heavy atom. The van der Waals surface area contributed by atoms with Crippen LogP contribution >= 0.6 is 0 Å². The molecule has 0 bridgehead atoms. The van der Waals surface area contributed by atoms with Gasteiger partial charge in [-0.15, -0.1) is 0 Å². The van der Waals surface area contributed by atoms with E-state index in [-0.39, 0.29) is 5.92 Å². The van der Waals surface area contributed by atoms with Gasteiger partial charge in [-0.1, -0.05) is 26.0 Å². The van der Waals surface area contributed by atoms with Crippen LogP contribution in [0.4, 0.5) is 0 Å². The Labute approximate surface area is 85.5 Å². The lowest BCUT2D eigenvalue weighted by Crippen LogP contribution is -2.27. The van der Waals surface area contributed by atoms with Crippen LogP contribution in [0.5, 0.6) is 5.75 Å². The molecule has 14 heavy (non-hydrogen) atoms. The van der Waals surface area contributed by atoms with E-state index in [9.17, 15) is 5.11 Å². The van der Waals surface area contributed by atoms with Gasteiger partial charge in [0.15, 0.2) is 0 Å². The topological polar surface area (TPSA) is 29.5 Å². The van der Waals surface area contributed by atoms with E-state index in [0.29, 0.717) is 0 Å². The fraction of sp³-hybridized carbons (Fsp3) is 0.500. The summed E-state index contributed by atoms with van der Waals surface area (Å²) in [4.78, 5) is 0. The lowest BCUT2D eigenvalue weighted by molar-refractivity contribution is 0.00902. The molecule has 1 rings (SSSR count). The van der Waals surface area contributed by atoms with Gasteiger partial charge in [0.25, 0.3) is 0 Å². The average molecular weight is 194 g/mol. The van der Waals surface area contributed by atoms with Gasteiger partial charge in [-0.05, 0) is 30.5 Å². The minimum Gasteiger partial charge on any atom is -0.497 e. The van der Waals surface area contributed by atoms with Gasteiger partial charge in [-0.2, -0.15) is 0 Å². The second-order valence-corrected chi connectivity index (χ2v) is 4.03. The largest absolute Gasteiger partial charge is 0.497 e.